The van der Waals surface area contributed by atoms with Gasteiger partial charge in [-0.2, -0.15) is 5.10 Å². The van der Waals surface area contributed by atoms with E-state index >= 15 is 0 Å². The Morgan fingerprint density at radius 2 is 2.00 bits per heavy atom. The molecule has 1 unspecified atom stereocenters. The summed E-state index contributed by atoms with van der Waals surface area (Å²) in [4.78, 5) is 6.85. The molecule has 1 aromatic carbocycles. The number of aliphatic imine (C=N–C) groups is 1. The zero-order valence-corrected chi connectivity index (χ0v) is 18.4. The Morgan fingerprint density at radius 1 is 1.27 bits per heavy atom. The van der Waals surface area contributed by atoms with Crippen LogP contribution in [0.1, 0.15) is 19.4 Å². The highest BCUT2D eigenvalue weighted by molar-refractivity contribution is 6.30. The van der Waals surface area contributed by atoms with Crippen molar-refractivity contribution in [3.63, 3.8) is 0 Å². The molecule has 30 heavy (non-hydrogen) atoms. The normalized spacial score (nSPS) is 17.5. The minimum Gasteiger partial charge on any atom is -0.387 e. The van der Waals surface area contributed by atoms with Crippen LogP contribution in [0.2, 0.25) is 5.02 Å². The summed E-state index contributed by atoms with van der Waals surface area (Å²) < 4.78 is 7.17. The van der Waals surface area contributed by atoms with Gasteiger partial charge in [-0.15, -0.1) is 0 Å². The lowest BCUT2D eigenvalue weighted by Gasteiger charge is -2.34. The Hall–Kier alpha value is -2.13. The van der Waals surface area contributed by atoms with Crippen LogP contribution < -0.4 is 10.6 Å². The van der Waals surface area contributed by atoms with Crippen LogP contribution in [0.3, 0.4) is 0 Å². The van der Waals surface area contributed by atoms with Crippen molar-refractivity contribution in [2.24, 2.45) is 4.99 Å². The van der Waals surface area contributed by atoms with Gasteiger partial charge in [0.2, 0.25) is 0 Å². The van der Waals surface area contributed by atoms with Gasteiger partial charge in [-0.1, -0.05) is 11.6 Å². The van der Waals surface area contributed by atoms with E-state index in [1.54, 1.807) is 10.9 Å². The summed E-state index contributed by atoms with van der Waals surface area (Å²) in [5, 5.41) is 22.3. The molecule has 0 aliphatic carbocycles. The van der Waals surface area contributed by atoms with Gasteiger partial charge in [-0.3, -0.25) is 4.90 Å². The molecular weight excluding hydrogens is 404 g/mol. The van der Waals surface area contributed by atoms with Crippen LogP contribution in [0.5, 0.6) is 0 Å². The topological polar surface area (TPSA) is 86.9 Å². The first kappa shape index (κ1) is 22.6. The number of hydrogen-bond acceptors (Lipinski definition) is 5. The van der Waals surface area contributed by atoms with Crippen molar-refractivity contribution >= 4 is 17.6 Å². The van der Waals surface area contributed by atoms with Crippen LogP contribution in [-0.4, -0.2) is 77.3 Å². The quantitative estimate of drug-likeness (QED) is 0.432. The number of nitrogens with one attached hydrogen (secondary N) is 2. The number of morpholine rings is 1. The Balaban J connectivity index is 1.55. The van der Waals surface area contributed by atoms with E-state index in [1.165, 1.54) is 0 Å². The van der Waals surface area contributed by atoms with Gasteiger partial charge in [0.1, 0.15) is 0 Å². The summed E-state index contributed by atoms with van der Waals surface area (Å²) in [5.41, 5.74) is 1.06. The van der Waals surface area contributed by atoms with Crippen molar-refractivity contribution in [1.29, 1.82) is 0 Å². The van der Waals surface area contributed by atoms with Gasteiger partial charge in [-0.05, 0) is 38.1 Å². The lowest BCUT2D eigenvalue weighted by atomic mass is 10.1. The number of aliphatic hydroxyl groups is 1. The SMILES string of the molecule is CCNC(=NCc1cnn(-c2ccc(Cl)cc2)c1)NCC(C)(O)CN1CCOCC1. The van der Waals surface area contributed by atoms with Crippen molar-refractivity contribution in [3.05, 3.63) is 47.2 Å². The molecule has 0 spiro atoms. The van der Waals surface area contributed by atoms with E-state index in [0.29, 0.717) is 30.6 Å². The molecule has 1 aliphatic rings. The molecule has 1 saturated heterocycles. The molecular formula is C21H31ClN6O2. The third kappa shape index (κ3) is 6.98. The molecule has 3 rings (SSSR count). The Kier molecular flexibility index (Phi) is 8.09. The fraction of sp³-hybridized carbons (Fsp3) is 0.524. The molecule has 164 valence electrons. The van der Waals surface area contributed by atoms with Crippen molar-refractivity contribution in [2.45, 2.75) is 26.0 Å². The van der Waals surface area contributed by atoms with Crippen LogP contribution >= 0.6 is 11.6 Å². The summed E-state index contributed by atoms with van der Waals surface area (Å²) in [6.07, 6.45) is 3.75. The minimum absolute atomic E-state index is 0.403. The molecule has 1 atom stereocenters. The molecule has 0 saturated carbocycles. The van der Waals surface area contributed by atoms with Crippen molar-refractivity contribution < 1.29 is 9.84 Å². The highest BCUT2D eigenvalue weighted by Crippen LogP contribution is 2.14. The highest BCUT2D eigenvalue weighted by Gasteiger charge is 2.25. The maximum Gasteiger partial charge on any atom is 0.191 e. The van der Waals surface area contributed by atoms with Gasteiger partial charge in [0.05, 0.1) is 37.2 Å². The average Bonchev–Trinajstić information content (AvgIpc) is 3.20. The van der Waals surface area contributed by atoms with Crippen LogP contribution in [0.15, 0.2) is 41.7 Å². The van der Waals surface area contributed by atoms with Crippen LogP contribution in [0, 0.1) is 0 Å². The number of halogens is 1. The van der Waals surface area contributed by atoms with E-state index in [2.05, 4.69) is 25.6 Å². The molecule has 2 heterocycles. The zero-order valence-electron chi connectivity index (χ0n) is 17.6. The summed E-state index contributed by atoms with van der Waals surface area (Å²) in [6, 6.07) is 7.52. The number of hydrogen-bond donors (Lipinski definition) is 3. The number of ether oxygens (including phenoxy) is 1. The molecule has 9 heteroatoms. The Bertz CT molecular complexity index is 815. The third-order valence-electron chi connectivity index (χ3n) is 4.80. The third-order valence-corrected chi connectivity index (χ3v) is 5.05. The monoisotopic (exact) mass is 434 g/mol. The average molecular weight is 435 g/mol. The first-order valence-corrected chi connectivity index (χ1v) is 10.7. The molecule has 8 nitrogen and oxygen atoms in total. The molecule has 1 fully saturated rings. The zero-order chi connectivity index (χ0) is 21.4. The maximum atomic E-state index is 10.8. The second-order valence-electron chi connectivity index (χ2n) is 7.70. The summed E-state index contributed by atoms with van der Waals surface area (Å²) in [7, 11) is 0. The van der Waals surface area contributed by atoms with Crippen LogP contribution in [0.25, 0.3) is 5.69 Å². The van der Waals surface area contributed by atoms with E-state index in [1.807, 2.05) is 44.3 Å². The fourth-order valence-electron chi connectivity index (χ4n) is 3.26. The largest absolute Gasteiger partial charge is 0.387 e. The molecule has 0 bridgehead atoms. The number of nitrogens with zero attached hydrogens (tertiary/aromatic N) is 4. The van der Waals surface area contributed by atoms with E-state index in [4.69, 9.17) is 16.3 Å². The first-order valence-electron chi connectivity index (χ1n) is 10.3. The van der Waals surface area contributed by atoms with Gasteiger partial charge in [-0.25, -0.2) is 9.67 Å². The van der Waals surface area contributed by atoms with Crippen molar-refractivity contribution in [2.75, 3.05) is 45.9 Å². The van der Waals surface area contributed by atoms with E-state index in [0.717, 1.165) is 44.1 Å². The Labute approximate surface area is 182 Å². The highest BCUT2D eigenvalue weighted by atomic mass is 35.5. The van der Waals surface area contributed by atoms with Crippen molar-refractivity contribution in [1.82, 2.24) is 25.3 Å². The van der Waals surface area contributed by atoms with Gasteiger partial charge >= 0.3 is 0 Å². The lowest BCUT2D eigenvalue weighted by molar-refractivity contribution is -0.0201. The number of rotatable bonds is 8. The number of benzene rings is 1. The molecule has 0 radical (unpaired) electrons. The van der Waals surface area contributed by atoms with Crippen LogP contribution in [0.4, 0.5) is 0 Å². The summed E-state index contributed by atoms with van der Waals surface area (Å²) >= 11 is 5.95. The van der Waals surface area contributed by atoms with Crippen molar-refractivity contribution in [3.8, 4) is 5.69 Å². The molecule has 3 N–H and O–H groups in total. The van der Waals surface area contributed by atoms with Gasteiger partial charge in [0, 0.05) is 49.5 Å². The molecule has 2 aromatic rings. The van der Waals surface area contributed by atoms with Gasteiger partial charge in [0.25, 0.3) is 0 Å². The Morgan fingerprint density at radius 3 is 2.70 bits per heavy atom. The molecule has 1 aliphatic heterocycles. The lowest BCUT2D eigenvalue weighted by Crippen LogP contribution is -2.52. The first-order chi connectivity index (χ1) is 14.4. The predicted octanol–water partition coefficient (Wildman–Crippen LogP) is 1.66. The standard InChI is InChI=1S/C21H31ClN6O2/c1-3-23-20(25-15-21(2,29)16-27-8-10-30-11-9-27)24-12-17-13-26-28(14-17)19-6-4-18(22)5-7-19/h4-7,13-14,29H,3,8-12,15-16H2,1-2H3,(H2,23,24,25). The van der Waals surface area contributed by atoms with Gasteiger partial charge in [0.15, 0.2) is 5.96 Å². The number of aromatic nitrogens is 2. The number of β-amino-alcohol motifs (C(OH)–C–C–N with tert-alkyl or cyclic N) is 1. The van der Waals surface area contributed by atoms with E-state index in [9.17, 15) is 5.11 Å². The maximum absolute atomic E-state index is 10.8. The van der Waals surface area contributed by atoms with Crippen LogP contribution in [-0.2, 0) is 11.3 Å². The van der Waals surface area contributed by atoms with E-state index in [-0.39, 0.29) is 0 Å². The predicted molar refractivity (Wildman–Crippen MR) is 119 cm³/mol. The van der Waals surface area contributed by atoms with E-state index < -0.39 is 5.60 Å². The van der Waals surface area contributed by atoms with Gasteiger partial charge < -0.3 is 20.5 Å². The summed E-state index contributed by atoms with van der Waals surface area (Å²) in [6.45, 7) is 9.21. The molecule has 0 amide bonds. The molecule has 1 aromatic heterocycles. The smallest absolute Gasteiger partial charge is 0.191 e. The minimum atomic E-state index is -0.868. The second-order valence-corrected chi connectivity index (χ2v) is 8.14. The second kappa shape index (κ2) is 10.8. The summed E-state index contributed by atoms with van der Waals surface area (Å²) in [5.74, 6) is 0.666. The number of guanidine groups is 1. The fourth-order valence-corrected chi connectivity index (χ4v) is 3.39.